The molecule has 11 nitrogen and oxygen atoms in total. The third-order valence-corrected chi connectivity index (χ3v) is 9.81. The van der Waals surface area contributed by atoms with Crippen molar-refractivity contribution in [2.45, 2.75) is 85.1 Å². The first-order valence-electron chi connectivity index (χ1n) is 16.5. The number of carbonyl (C=O) groups is 1. The van der Waals surface area contributed by atoms with E-state index in [4.69, 9.17) is 29.2 Å². The zero-order valence-electron chi connectivity index (χ0n) is 28.6. The third-order valence-electron chi connectivity index (χ3n) is 8.18. The molecular formula is C36H46N5O6P. The smallest absolute Gasteiger partial charge is 0.459 e. The number of imidazole rings is 1. The molecule has 5 aromatic rings. The Morgan fingerprint density at radius 1 is 1.02 bits per heavy atom. The van der Waals surface area contributed by atoms with E-state index in [1.54, 1.807) is 32.9 Å². The van der Waals surface area contributed by atoms with Gasteiger partial charge in [0.2, 0.25) is 0 Å². The standard InChI is InChI=1S/C36H46N5O6P/c1-7-9-20-36(6,41-31(22-44-8-2)39-32-33(41)29-16-12-13-17-30(29)38-34(32)37)23-45-48(43,40-25(5)35(42)46-24(3)4)47-28-19-18-26-14-10-11-15-27(26)21-28/h10-19,21,24-25H,7-9,20,22-23H2,1-6H3,(H2,37,38)(H,40,43)/t25-,36+,48+/m0/s1. The molecular weight excluding hydrogens is 629 g/mol. The van der Waals surface area contributed by atoms with Gasteiger partial charge in [0, 0.05) is 12.0 Å². The fourth-order valence-corrected chi connectivity index (χ4v) is 7.43. The van der Waals surface area contributed by atoms with E-state index in [0.29, 0.717) is 35.9 Å². The number of rotatable bonds is 16. The van der Waals surface area contributed by atoms with E-state index in [2.05, 4.69) is 21.6 Å². The van der Waals surface area contributed by atoms with Gasteiger partial charge in [0.1, 0.15) is 29.7 Å². The Bertz CT molecular complexity index is 1950. The molecule has 0 saturated carbocycles. The van der Waals surface area contributed by atoms with E-state index in [-0.39, 0.29) is 19.3 Å². The van der Waals surface area contributed by atoms with Crippen molar-refractivity contribution < 1.29 is 27.9 Å². The molecule has 0 bridgehead atoms. The average molecular weight is 676 g/mol. The Hall–Kier alpha value is -4.02. The van der Waals surface area contributed by atoms with E-state index in [0.717, 1.165) is 40.0 Å². The minimum Gasteiger partial charge on any atom is -0.462 e. The molecule has 256 valence electrons. The lowest BCUT2D eigenvalue weighted by atomic mass is 9.94. The second-order valence-corrected chi connectivity index (χ2v) is 14.2. The lowest BCUT2D eigenvalue weighted by Gasteiger charge is -2.35. The van der Waals surface area contributed by atoms with Gasteiger partial charge in [-0.25, -0.2) is 14.5 Å². The summed E-state index contributed by atoms with van der Waals surface area (Å²) in [5.41, 5.74) is 7.76. The molecule has 0 amide bonds. The van der Waals surface area contributed by atoms with Gasteiger partial charge in [0.15, 0.2) is 5.82 Å². The minimum absolute atomic E-state index is 0.0576. The summed E-state index contributed by atoms with van der Waals surface area (Å²) >= 11 is 0. The summed E-state index contributed by atoms with van der Waals surface area (Å²) in [6, 6.07) is 20.0. The summed E-state index contributed by atoms with van der Waals surface area (Å²) in [7, 11) is -4.21. The summed E-state index contributed by atoms with van der Waals surface area (Å²) < 4.78 is 40.7. The summed E-state index contributed by atoms with van der Waals surface area (Å²) in [5, 5.41) is 5.64. The Labute approximate surface area is 281 Å². The highest BCUT2D eigenvalue weighted by Crippen LogP contribution is 2.48. The first-order valence-corrected chi connectivity index (χ1v) is 18.1. The predicted molar refractivity (Wildman–Crippen MR) is 190 cm³/mol. The highest BCUT2D eigenvalue weighted by atomic mass is 31.2. The highest BCUT2D eigenvalue weighted by Gasteiger charge is 2.39. The van der Waals surface area contributed by atoms with Crippen LogP contribution < -0.4 is 15.3 Å². The first kappa shape index (κ1) is 35.3. The number of ether oxygens (including phenoxy) is 2. The quantitative estimate of drug-likeness (QED) is 0.0784. The van der Waals surface area contributed by atoms with Gasteiger partial charge in [-0.3, -0.25) is 9.32 Å². The fourth-order valence-electron chi connectivity index (χ4n) is 5.83. The molecule has 0 saturated heterocycles. The van der Waals surface area contributed by atoms with Crippen molar-refractivity contribution in [3.05, 3.63) is 72.6 Å². The summed E-state index contributed by atoms with van der Waals surface area (Å²) in [4.78, 5) is 22.4. The van der Waals surface area contributed by atoms with Crippen LogP contribution in [-0.2, 0) is 35.5 Å². The van der Waals surface area contributed by atoms with Crippen molar-refractivity contribution in [3.8, 4) is 5.75 Å². The summed E-state index contributed by atoms with van der Waals surface area (Å²) in [6.07, 6.45) is 2.04. The van der Waals surface area contributed by atoms with Crippen LogP contribution in [0.4, 0.5) is 5.82 Å². The van der Waals surface area contributed by atoms with Gasteiger partial charge in [0.05, 0.1) is 29.3 Å². The largest absolute Gasteiger partial charge is 0.462 e. The normalized spacial score (nSPS) is 15.1. The predicted octanol–water partition coefficient (Wildman–Crippen LogP) is 7.90. The van der Waals surface area contributed by atoms with Crippen LogP contribution in [0, 0.1) is 0 Å². The van der Waals surface area contributed by atoms with Crippen LogP contribution in [0.1, 0.15) is 66.6 Å². The Morgan fingerprint density at radius 2 is 1.75 bits per heavy atom. The number of benzene rings is 3. The molecule has 0 radical (unpaired) electrons. The minimum atomic E-state index is -4.21. The van der Waals surface area contributed by atoms with Crippen molar-refractivity contribution in [1.82, 2.24) is 19.6 Å². The van der Waals surface area contributed by atoms with E-state index in [1.165, 1.54) is 0 Å². The zero-order valence-corrected chi connectivity index (χ0v) is 29.5. The molecule has 12 heteroatoms. The number of aromatic nitrogens is 3. The van der Waals surface area contributed by atoms with Gasteiger partial charge >= 0.3 is 13.7 Å². The van der Waals surface area contributed by atoms with Crippen LogP contribution in [-0.4, -0.2) is 45.9 Å². The van der Waals surface area contributed by atoms with Gasteiger partial charge < -0.3 is 24.3 Å². The highest BCUT2D eigenvalue weighted by molar-refractivity contribution is 7.52. The van der Waals surface area contributed by atoms with E-state index < -0.39 is 25.3 Å². The molecule has 48 heavy (non-hydrogen) atoms. The van der Waals surface area contributed by atoms with Gasteiger partial charge in [-0.1, -0.05) is 68.3 Å². The number of nitrogens with two attached hydrogens (primary N) is 1. The number of fused-ring (bicyclic) bond motifs is 4. The van der Waals surface area contributed by atoms with Crippen molar-refractivity contribution >= 4 is 52.2 Å². The molecule has 0 fully saturated rings. The Balaban J connectivity index is 1.59. The molecule has 3 aromatic carbocycles. The van der Waals surface area contributed by atoms with Crippen LogP contribution in [0.3, 0.4) is 0 Å². The lowest BCUT2D eigenvalue weighted by Crippen LogP contribution is -2.40. The number of nitrogen functional groups attached to an aromatic ring is 1. The first-order chi connectivity index (χ1) is 23.0. The number of nitrogens with one attached hydrogen (secondary N) is 1. The van der Waals surface area contributed by atoms with Gasteiger partial charge in [-0.05, 0) is 70.0 Å². The number of esters is 1. The molecule has 5 rings (SSSR count). The number of hydrogen-bond acceptors (Lipinski definition) is 9. The molecule has 0 aliphatic rings. The second kappa shape index (κ2) is 15.0. The Morgan fingerprint density at radius 3 is 2.48 bits per heavy atom. The van der Waals surface area contributed by atoms with Crippen molar-refractivity contribution in [1.29, 1.82) is 0 Å². The fraction of sp³-hybridized carbons (Fsp3) is 0.417. The molecule has 3 N–H and O–H groups in total. The van der Waals surface area contributed by atoms with Crippen LogP contribution >= 0.6 is 7.75 Å². The lowest BCUT2D eigenvalue weighted by molar-refractivity contribution is -0.149. The number of anilines is 1. The van der Waals surface area contributed by atoms with Crippen molar-refractivity contribution in [3.63, 3.8) is 0 Å². The van der Waals surface area contributed by atoms with Crippen LogP contribution in [0.15, 0.2) is 66.7 Å². The summed E-state index contributed by atoms with van der Waals surface area (Å²) in [5.74, 6) is 0.715. The molecule has 2 aromatic heterocycles. The topological polar surface area (TPSA) is 140 Å². The number of para-hydroxylation sites is 1. The summed E-state index contributed by atoms with van der Waals surface area (Å²) in [6.45, 7) is 11.8. The number of carbonyl (C=O) groups excluding carboxylic acids is 1. The number of hydrogen-bond donors (Lipinski definition) is 2. The molecule has 2 heterocycles. The number of unbranched alkanes of at least 4 members (excludes halogenated alkanes) is 1. The SMILES string of the molecule is CCCC[C@](C)(CO[P@](=O)(N[C@@H](C)C(=O)OC(C)C)Oc1ccc2ccccc2c1)n1c(COCC)nc2c(N)nc3ccccc3c21. The maximum absolute atomic E-state index is 14.8. The number of nitrogens with zero attached hydrogens (tertiary/aromatic N) is 3. The van der Waals surface area contributed by atoms with Crippen LogP contribution in [0.5, 0.6) is 5.75 Å². The van der Waals surface area contributed by atoms with Gasteiger partial charge in [-0.15, -0.1) is 0 Å². The van der Waals surface area contributed by atoms with E-state index in [1.807, 2.05) is 68.4 Å². The maximum Gasteiger partial charge on any atom is 0.459 e. The molecule has 0 aliphatic heterocycles. The van der Waals surface area contributed by atoms with Crippen molar-refractivity contribution in [2.75, 3.05) is 18.9 Å². The number of pyridine rings is 1. The van der Waals surface area contributed by atoms with E-state index in [9.17, 15) is 9.36 Å². The molecule has 0 aliphatic carbocycles. The Kier molecular flexibility index (Phi) is 11.1. The third kappa shape index (κ3) is 7.81. The molecule has 0 spiro atoms. The van der Waals surface area contributed by atoms with Crippen molar-refractivity contribution in [2.24, 2.45) is 0 Å². The van der Waals surface area contributed by atoms with Gasteiger partial charge in [-0.2, -0.15) is 5.09 Å². The molecule has 3 atom stereocenters. The van der Waals surface area contributed by atoms with Crippen LogP contribution in [0.25, 0.3) is 32.7 Å². The van der Waals surface area contributed by atoms with Gasteiger partial charge in [0.25, 0.3) is 0 Å². The second-order valence-electron chi connectivity index (χ2n) is 12.5. The average Bonchev–Trinajstić information content (AvgIpc) is 3.46. The maximum atomic E-state index is 14.8. The van der Waals surface area contributed by atoms with E-state index >= 15 is 0 Å². The van der Waals surface area contributed by atoms with Crippen LogP contribution in [0.2, 0.25) is 0 Å². The monoisotopic (exact) mass is 675 g/mol. The molecule has 0 unspecified atom stereocenters. The zero-order chi connectivity index (χ0) is 34.5.